The number of aliphatic carboxylic acids is 1. The van der Waals surface area contributed by atoms with Crippen LogP contribution in [0.1, 0.15) is 50.5 Å². The van der Waals surface area contributed by atoms with Crippen LogP contribution in [0.5, 0.6) is 0 Å². The number of nitrogens with one attached hydrogen (secondary N) is 2. The van der Waals surface area contributed by atoms with Gasteiger partial charge in [0.05, 0.1) is 5.92 Å². The van der Waals surface area contributed by atoms with Gasteiger partial charge in [0, 0.05) is 41.2 Å². The highest BCUT2D eigenvalue weighted by Gasteiger charge is 2.31. The summed E-state index contributed by atoms with van der Waals surface area (Å²) in [4.78, 5) is 35.4. The molecule has 8 nitrogen and oxygen atoms in total. The molecule has 1 saturated heterocycles. The molecule has 0 spiro atoms. The van der Waals surface area contributed by atoms with E-state index in [-0.39, 0.29) is 36.6 Å². The molecule has 1 aliphatic carbocycles. The number of hydrogen-bond donors (Lipinski definition) is 3. The van der Waals surface area contributed by atoms with Crippen molar-refractivity contribution < 1.29 is 19.1 Å². The zero-order valence-electron chi connectivity index (χ0n) is 23.2. The number of halogens is 3. The smallest absolute Gasteiger partial charge is 0.326 e. The lowest BCUT2D eigenvalue weighted by Crippen LogP contribution is -2.49. The Hall–Kier alpha value is -3.43. The first kappa shape index (κ1) is 30.0. The number of hydrogen-bond acceptors (Lipinski definition) is 6. The summed E-state index contributed by atoms with van der Waals surface area (Å²) in [6, 6.07) is 11.6. The quantitative estimate of drug-likeness (QED) is 0.257. The number of carbonyl (C=O) groups excluding carboxylic acids is 1. The molecule has 42 heavy (non-hydrogen) atoms. The molecule has 1 amide bonds. The average molecular weight is 615 g/mol. The minimum Gasteiger partial charge on any atom is -0.480 e. The predicted molar refractivity (Wildman–Crippen MR) is 163 cm³/mol. The first-order chi connectivity index (χ1) is 20.3. The molecule has 2 heterocycles. The van der Waals surface area contributed by atoms with Crippen LogP contribution in [0.4, 0.5) is 16.0 Å². The molecule has 1 aliphatic heterocycles. The van der Waals surface area contributed by atoms with E-state index in [2.05, 4.69) is 20.6 Å². The molecule has 11 heteroatoms. The van der Waals surface area contributed by atoms with Crippen LogP contribution in [-0.4, -0.2) is 52.1 Å². The van der Waals surface area contributed by atoms with Crippen molar-refractivity contribution in [1.82, 2.24) is 15.3 Å². The number of benzene rings is 2. The van der Waals surface area contributed by atoms with Crippen molar-refractivity contribution in [1.29, 1.82) is 0 Å². The molecular weight excluding hydrogens is 580 g/mol. The van der Waals surface area contributed by atoms with Gasteiger partial charge in [-0.05, 0) is 55.0 Å². The number of nitrogens with zero attached hydrogens (tertiary/aromatic N) is 3. The van der Waals surface area contributed by atoms with Crippen LogP contribution in [0.25, 0.3) is 11.1 Å². The Balaban J connectivity index is 1.22. The Morgan fingerprint density at radius 3 is 2.52 bits per heavy atom. The molecule has 5 rings (SSSR count). The normalized spacial score (nSPS) is 18.4. The van der Waals surface area contributed by atoms with Gasteiger partial charge in [-0.2, -0.15) is 4.39 Å². The average Bonchev–Trinajstić information content (AvgIpc) is 3.00. The lowest BCUT2D eigenvalue weighted by Gasteiger charge is -2.33. The first-order valence-electron chi connectivity index (χ1n) is 14.4. The van der Waals surface area contributed by atoms with E-state index in [1.165, 1.54) is 12.7 Å². The van der Waals surface area contributed by atoms with Crippen molar-refractivity contribution >= 4 is 46.7 Å². The number of rotatable bonds is 9. The van der Waals surface area contributed by atoms with Crippen LogP contribution in [0.3, 0.4) is 0 Å². The number of aromatic nitrogens is 2. The fourth-order valence-electron chi connectivity index (χ4n) is 5.77. The van der Waals surface area contributed by atoms with Crippen molar-refractivity contribution in [3.05, 3.63) is 70.2 Å². The first-order valence-corrected chi connectivity index (χ1v) is 15.1. The van der Waals surface area contributed by atoms with Crippen LogP contribution in [-0.2, 0) is 16.0 Å². The molecule has 2 aliphatic rings. The lowest BCUT2D eigenvalue weighted by atomic mass is 9.95. The number of carboxylic acids is 1. The van der Waals surface area contributed by atoms with Gasteiger partial charge in [-0.1, -0.05) is 66.7 Å². The molecule has 3 aromatic rings. The number of piperidine rings is 1. The van der Waals surface area contributed by atoms with Crippen LogP contribution < -0.4 is 15.5 Å². The summed E-state index contributed by atoms with van der Waals surface area (Å²) < 4.78 is 15.5. The number of carboxylic acid groups (broad SMARTS) is 1. The van der Waals surface area contributed by atoms with E-state index in [0.717, 1.165) is 42.4 Å². The molecule has 1 unspecified atom stereocenters. The molecule has 2 fully saturated rings. The summed E-state index contributed by atoms with van der Waals surface area (Å²) in [6.45, 7) is 0.788. The van der Waals surface area contributed by atoms with Gasteiger partial charge in [-0.25, -0.2) is 14.8 Å². The van der Waals surface area contributed by atoms with Gasteiger partial charge < -0.3 is 20.6 Å². The third-order valence-electron chi connectivity index (χ3n) is 8.06. The minimum atomic E-state index is -1.13. The maximum absolute atomic E-state index is 15.5. The van der Waals surface area contributed by atoms with E-state index in [0.29, 0.717) is 29.4 Å². The highest BCUT2D eigenvalue weighted by molar-refractivity contribution is 6.35. The van der Waals surface area contributed by atoms with Crippen LogP contribution in [0.2, 0.25) is 10.0 Å². The Bertz CT molecular complexity index is 1420. The van der Waals surface area contributed by atoms with E-state index in [9.17, 15) is 14.7 Å². The Labute approximate surface area is 254 Å². The van der Waals surface area contributed by atoms with Gasteiger partial charge in [0.25, 0.3) is 0 Å². The second-order valence-corrected chi connectivity index (χ2v) is 11.9. The van der Waals surface area contributed by atoms with E-state index < -0.39 is 23.7 Å². The van der Waals surface area contributed by atoms with Crippen molar-refractivity contribution in [3.8, 4) is 11.1 Å². The van der Waals surface area contributed by atoms with Gasteiger partial charge in [-0.15, -0.1) is 0 Å². The molecule has 3 N–H and O–H groups in total. The van der Waals surface area contributed by atoms with Gasteiger partial charge in [0.2, 0.25) is 11.7 Å². The van der Waals surface area contributed by atoms with E-state index in [1.54, 1.807) is 23.1 Å². The number of anilines is 2. The maximum atomic E-state index is 15.5. The lowest BCUT2D eigenvalue weighted by molar-refractivity contribution is -0.142. The molecule has 1 saturated carbocycles. The molecule has 1 aromatic heterocycles. The zero-order chi connectivity index (χ0) is 29.6. The van der Waals surface area contributed by atoms with Crippen molar-refractivity contribution in [2.24, 2.45) is 5.92 Å². The maximum Gasteiger partial charge on any atom is 0.326 e. The third-order valence-corrected chi connectivity index (χ3v) is 8.62. The molecule has 2 aromatic carbocycles. The van der Waals surface area contributed by atoms with Gasteiger partial charge in [0.1, 0.15) is 12.4 Å². The largest absolute Gasteiger partial charge is 0.480 e. The van der Waals surface area contributed by atoms with Crippen LogP contribution in [0.15, 0.2) is 48.8 Å². The summed E-state index contributed by atoms with van der Waals surface area (Å²) in [7, 11) is 0. The SMILES string of the molecule is O=C(N[C@@H](Cc1ccc(-c2cc(Cl)ccc2Cl)cc1)C(=O)O)C1CCCN(c2ncnc(NC3CCCCC3)c2F)C1. The molecule has 222 valence electrons. The molecule has 0 bridgehead atoms. The fraction of sp³-hybridized carbons (Fsp3) is 0.419. The van der Waals surface area contributed by atoms with Gasteiger partial charge in [-0.3, -0.25) is 4.79 Å². The Morgan fingerprint density at radius 2 is 1.79 bits per heavy atom. The minimum absolute atomic E-state index is 0.109. The number of carbonyl (C=O) groups is 2. The molecule has 2 atom stereocenters. The second-order valence-electron chi connectivity index (χ2n) is 11.0. The van der Waals surface area contributed by atoms with Crippen molar-refractivity contribution in [3.63, 3.8) is 0 Å². The summed E-state index contributed by atoms with van der Waals surface area (Å²) in [6.07, 6.45) is 8.06. The topological polar surface area (TPSA) is 107 Å². The van der Waals surface area contributed by atoms with Gasteiger partial charge >= 0.3 is 5.97 Å². The molecular formula is C31H34Cl2FN5O3. The van der Waals surface area contributed by atoms with Crippen LogP contribution in [0, 0.1) is 11.7 Å². The summed E-state index contributed by atoms with van der Waals surface area (Å²) in [5.74, 6) is -2.17. The summed E-state index contributed by atoms with van der Waals surface area (Å²) in [5, 5.41) is 16.9. The highest BCUT2D eigenvalue weighted by atomic mass is 35.5. The van der Waals surface area contributed by atoms with Crippen LogP contribution >= 0.6 is 23.2 Å². The Morgan fingerprint density at radius 1 is 1.02 bits per heavy atom. The monoisotopic (exact) mass is 613 g/mol. The Kier molecular flexibility index (Phi) is 9.80. The second kappa shape index (κ2) is 13.7. The van der Waals surface area contributed by atoms with Crippen molar-refractivity contribution in [2.45, 2.75) is 63.5 Å². The van der Waals surface area contributed by atoms with Crippen molar-refractivity contribution in [2.75, 3.05) is 23.3 Å². The summed E-state index contributed by atoms with van der Waals surface area (Å²) in [5.41, 5.74) is 2.37. The third kappa shape index (κ3) is 7.31. The van der Waals surface area contributed by atoms with E-state index >= 15 is 4.39 Å². The highest BCUT2D eigenvalue weighted by Crippen LogP contribution is 2.31. The predicted octanol–water partition coefficient (Wildman–Crippen LogP) is 6.36. The molecule has 0 radical (unpaired) electrons. The number of amides is 1. The standard InChI is InChI=1S/C31H34Cl2FN5O3/c32-22-12-13-25(33)24(16-22)20-10-8-19(9-11-20)15-26(31(41)42)38-30(40)21-5-4-14-39(17-21)29-27(34)28(35-18-36-29)37-23-6-2-1-3-7-23/h8-13,16,18,21,23,26H,1-7,14-15,17H2,(H,38,40)(H,41,42)(H,35,36,37)/t21?,26-/m0/s1. The fourth-order valence-corrected chi connectivity index (χ4v) is 6.17. The van der Waals surface area contributed by atoms with Gasteiger partial charge in [0.15, 0.2) is 11.6 Å². The van der Waals surface area contributed by atoms with E-state index in [1.807, 2.05) is 24.3 Å². The zero-order valence-corrected chi connectivity index (χ0v) is 24.7. The summed E-state index contributed by atoms with van der Waals surface area (Å²) >= 11 is 12.4. The van der Waals surface area contributed by atoms with E-state index in [4.69, 9.17) is 23.2 Å².